The number of benzene rings is 1. The van der Waals surface area contributed by atoms with Crippen LogP contribution in [0, 0.1) is 0 Å². The Kier molecular flexibility index (Phi) is 8.13. The average Bonchev–Trinajstić information content (AvgIpc) is 2.76. The first-order chi connectivity index (χ1) is 14.2. The maximum absolute atomic E-state index is 12.4. The maximum Gasteiger partial charge on any atom is 0.317 e. The highest BCUT2D eigenvalue weighted by atomic mass is 16.5. The van der Waals surface area contributed by atoms with Crippen LogP contribution in [0.15, 0.2) is 24.3 Å². The number of carbonyl (C=O) groups is 2. The summed E-state index contributed by atoms with van der Waals surface area (Å²) < 4.78 is 5.25. The monoisotopic (exact) mass is 403 g/mol. The van der Waals surface area contributed by atoms with Gasteiger partial charge in [0.2, 0.25) is 5.91 Å². The maximum atomic E-state index is 12.4. The van der Waals surface area contributed by atoms with E-state index in [1.165, 1.54) is 5.56 Å². The molecule has 160 valence electrons. The number of morpholine rings is 1. The molecular formula is C21H33N5O3. The van der Waals surface area contributed by atoms with Gasteiger partial charge in [-0.1, -0.05) is 12.1 Å². The Morgan fingerprint density at radius 2 is 1.72 bits per heavy atom. The number of nitrogens with zero attached hydrogens (tertiary/aromatic N) is 2. The highest BCUT2D eigenvalue weighted by Gasteiger charge is 2.23. The number of anilines is 1. The third kappa shape index (κ3) is 6.61. The summed E-state index contributed by atoms with van der Waals surface area (Å²) in [4.78, 5) is 28.1. The number of ether oxygens (including phenoxy) is 1. The Hall–Kier alpha value is -2.32. The number of hydrogen-bond acceptors (Lipinski definition) is 5. The first-order valence-corrected chi connectivity index (χ1v) is 10.6. The summed E-state index contributed by atoms with van der Waals surface area (Å²) in [6.07, 6.45) is 3.05. The highest BCUT2D eigenvalue weighted by molar-refractivity contribution is 5.78. The van der Waals surface area contributed by atoms with Gasteiger partial charge < -0.3 is 30.9 Å². The summed E-state index contributed by atoms with van der Waals surface area (Å²) >= 11 is 0. The molecule has 29 heavy (non-hydrogen) atoms. The van der Waals surface area contributed by atoms with Crippen LogP contribution in [0.3, 0.4) is 0 Å². The van der Waals surface area contributed by atoms with Crippen LogP contribution >= 0.6 is 0 Å². The standard InChI is InChI=1S/C21H33N5O3/c22-9-5-17-1-3-18(4-2-17)24-19-7-11-26(12-8-19)21(28)23-10-6-20(27)25-13-15-29-16-14-25/h1-4,19,24H,5-16,22H2,(H,23,28). The molecular weight excluding hydrogens is 370 g/mol. The largest absolute Gasteiger partial charge is 0.382 e. The third-order valence-electron chi connectivity index (χ3n) is 5.52. The number of likely N-dealkylation sites (tertiary alicyclic amines) is 1. The molecule has 0 atom stereocenters. The Labute approximate surface area is 172 Å². The third-order valence-corrected chi connectivity index (χ3v) is 5.52. The van der Waals surface area contributed by atoms with Crippen LogP contribution in [0.4, 0.5) is 10.5 Å². The van der Waals surface area contributed by atoms with Crippen LogP contribution in [0.2, 0.25) is 0 Å². The van der Waals surface area contributed by atoms with Crippen molar-refractivity contribution in [3.05, 3.63) is 29.8 Å². The predicted octanol–water partition coefficient (Wildman–Crippen LogP) is 1.02. The number of urea groups is 1. The van der Waals surface area contributed by atoms with E-state index in [9.17, 15) is 9.59 Å². The Balaban J connectivity index is 1.33. The molecule has 1 aromatic rings. The van der Waals surface area contributed by atoms with Crippen molar-refractivity contribution in [3.63, 3.8) is 0 Å². The molecule has 0 spiro atoms. The summed E-state index contributed by atoms with van der Waals surface area (Å²) in [6, 6.07) is 8.68. The first-order valence-electron chi connectivity index (χ1n) is 10.6. The highest BCUT2D eigenvalue weighted by Crippen LogP contribution is 2.17. The van der Waals surface area contributed by atoms with Crippen molar-refractivity contribution in [1.82, 2.24) is 15.1 Å². The predicted molar refractivity (Wildman–Crippen MR) is 113 cm³/mol. The molecule has 0 unspecified atom stereocenters. The summed E-state index contributed by atoms with van der Waals surface area (Å²) in [5.41, 5.74) is 7.94. The summed E-state index contributed by atoms with van der Waals surface area (Å²) in [6.45, 7) is 4.94. The molecule has 2 aliphatic heterocycles. The molecule has 2 aliphatic rings. The zero-order chi connectivity index (χ0) is 20.5. The molecule has 8 heteroatoms. The van der Waals surface area contributed by atoms with Gasteiger partial charge >= 0.3 is 6.03 Å². The second-order valence-electron chi connectivity index (χ2n) is 7.62. The molecule has 8 nitrogen and oxygen atoms in total. The molecule has 0 bridgehead atoms. The lowest BCUT2D eigenvalue weighted by atomic mass is 10.0. The number of carbonyl (C=O) groups excluding carboxylic acids is 2. The van der Waals surface area contributed by atoms with E-state index >= 15 is 0 Å². The SMILES string of the molecule is NCCc1ccc(NC2CCN(C(=O)NCCC(=O)N3CCOCC3)CC2)cc1. The van der Waals surface area contributed by atoms with Gasteiger partial charge in [-0.3, -0.25) is 4.79 Å². The number of rotatable bonds is 7. The minimum atomic E-state index is -0.0793. The number of piperidine rings is 1. The summed E-state index contributed by atoms with van der Waals surface area (Å²) in [5, 5.41) is 6.44. The fourth-order valence-corrected chi connectivity index (χ4v) is 3.76. The Morgan fingerprint density at radius 3 is 2.38 bits per heavy atom. The van der Waals surface area contributed by atoms with E-state index in [1.54, 1.807) is 4.90 Å². The van der Waals surface area contributed by atoms with Crippen molar-refractivity contribution >= 4 is 17.6 Å². The van der Waals surface area contributed by atoms with Gasteiger partial charge in [0.25, 0.3) is 0 Å². The number of nitrogens with two attached hydrogens (primary N) is 1. The lowest BCUT2D eigenvalue weighted by Crippen LogP contribution is -2.48. The number of hydrogen-bond donors (Lipinski definition) is 3. The Morgan fingerprint density at radius 1 is 1.03 bits per heavy atom. The minimum absolute atomic E-state index is 0.0778. The number of nitrogens with one attached hydrogen (secondary N) is 2. The van der Waals surface area contributed by atoms with Crippen LogP contribution in [0.25, 0.3) is 0 Å². The Bertz CT molecular complexity index is 653. The van der Waals surface area contributed by atoms with Crippen molar-refractivity contribution < 1.29 is 14.3 Å². The normalized spacial score (nSPS) is 17.8. The van der Waals surface area contributed by atoms with Gasteiger partial charge in [-0.15, -0.1) is 0 Å². The first kappa shape index (κ1) is 21.4. The molecule has 2 heterocycles. The molecule has 3 rings (SSSR count). The van der Waals surface area contributed by atoms with Gasteiger partial charge in [0.05, 0.1) is 13.2 Å². The van der Waals surface area contributed by atoms with Crippen molar-refractivity contribution in [2.24, 2.45) is 5.73 Å². The van der Waals surface area contributed by atoms with Crippen LogP contribution in [-0.2, 0) is 16.0 Å². The van der Waals surface area contributed by atoms with Crippen LogP contribution < -0.4 is 16.4 Å². The minimum Gasteiger partial charge on any atom is -0.382 e. The molecule has 3 amide bonds. The van der Waals surface area contributed by atoms with Crippen LogP contribution in [0.5, 0.6) is 0 Å². The van der Waals surface area contributed by atoms with E-state index in [0.717, 1.165) is 24.9 Å². The smallest absolute Gasteiger partial charge is 0.317 e. The van der Waals surface area contributed by atoms with Crippen molar-refractivity contribution in [1.29, 1.82) is 0 Å². The molecule has 4 N–H and O–H groups in total. The number of amides is 3. The topological polar surface area (TPSA) is 99.9 Å². The molecule has 1 aromatic carbocycles. The van der Waals surface area contributed by atoms with E-state index in [1.807, 2.05) is 4.90 Å². The van der Waals surface area contributed by atoms with Crippen molar-refractivity contribution in [2.45, 2.75) is 31.7 Å². The van der Waals surface area contributed by atoms with E-state index in [4.69, 9.17) is 10.5 Å². The molecule has 0 aliphatic carbocycles. The quantitative estimate of drug-likeness (QED) is 0.631. The van der Waals surface area contributed by atoms with Gasteiger partial charge in [-0.05, 0) is 43.5 Å². The van der Waals surface area contributed by atoms with E-state index in [2.05, 4.69) is 34.9 Å². The molecule has 0 radical (unpaired) electrons. The molecule has 0 saturated carbocycles. The average molecular weight is 404 g/mol. The van der Waals surface area contributed by atoms with E-state index in [-0.39, 0.29) is 11.9 Å². The van der Waals surface area contributed by atoms with Gasteiger partial charge in [0, 0.05) is 50.9 Å². The molecule has 2 fully saturated rings. The summed E-state index contributed by atoms with van der Waals surface area (Å²) in [5.74, 6) is 0.0778. The van der Waals surface area contributed by atoms with Gasteiger partial charge in [-0.25, -0.2) is 4.79 Å². The zero-order valence-electron chi connectivity index (χ0n) is 17.1. The van der Waals surface area contributed by atoms with Crippen molar-refractivity contribution in [2.75, 3.05) is 57.8 Å². The second-order valence-corrected chi connectivity index (χ2v) is 7.62. The molecule has 2 saturated heterocycles. The van der Waals surface area contributed by atoms with Gasteiger partial charge in [0.1, 0.15) is 0 Å². The van der Waals surface area contributed by atoms with E-state index < -0.39 is 0 Å². The van der Waals surface area contributed by atoms with Crippen molar-refractivity contribution in [3.8, 4) is 0 Å². The zero-order valence-corrected chi connectivity index (χ0v) is 17.1. The van der Waals surface area contributed by atoms with Gasteiger partial charge in [0.15, 0.2) is 0 Å². The van der Waals surface area contributed by atoms with Crippen LogP contribution in [-0.4, -0.2) is 80.3 Å². The molecule has 0 aromatic heterocycles. The lowest BCUT2D eigenvalue weighted by molar-refractivity contribution is -0.135. The van der Waals surface area contributed by atoms with E-state index in [0.29, 0.717) is 64.9 Å². The van der Waals surface area contributed by atoms with Crippen LogP contribution in [0.1, 0.15) is 24.8 Å². The fraction of sp³-hybridized carbons (Fsp3) is 0.619. The van der Waals surface area contributed by atoms with Gasteiger partial charge in [-0.2, -0.15) is 0 Å². The fourth-order valence-electron chi connectivity index (χ4n) is 3.76. The summed E-state index contributed by atoms with van der Waals surface area (Å²) in [7, 11) is 0. The lowest BCUT2D eigenvalue weighted by Gasteiger charge is -2.33. The second kappa shape index (κ2) is 11.0.